The molecule has 1 unspecified atom stereocenters. The van der Waals surface area contributed by atoms with Crippen LogP contribution in [0.1, 0.15) is 207 Å². The van der Waals surface area contributed by atoms with E-state index in [0.29, 0.717) is 19.3 Å². The highest BCUT2D eigenvalue weighted by molar-refractivity contribution is 5.71. The van der Waals surface area contributed by atoms with Crippen LogP contribution in [-0.4, -0.2) is 37.2 Å². The normalized spacial score (nSPS) is 12.4. The van der Waals surface area contributed by atoms with Gasteiger partial charge in [0.15, 0.2) is 6.10 Å². The van der Waals surface area contributed by atoms with Crippen molar-refractivity contribution in [2.75, 3.05) is 13.2 Å². The minimum absolute atomic E-state index is 0.0875. The highest BCUT2D eigenvalue weighted by Gasteiger charge is 2.19. The molecule has 0 aromatic carbocycles. The molecular formula is C46H80O6. The molecule has 0 aliphatic heterocycles. The molecule has 0 bridgehead atoms. The number of hydrogen-bond donors (Lipinski definition) is 0. The fraction of sp³-hybridized carbons (Fsp3) is 0.761. The van der Waals surface area contributed by atoms with Crippen LogP contribution in [0.5, 0.6) is 0 Å². The lowest BCUT2D eigenvalue weighted by atomic mass is 10.1. The van der Waals surface area contributed by atoms with E-state index in [2.05, 4.69) is 69.4 Å². The van der Waals surface area contributed by atoms with Crippen molar-refractivity contribution < 1.29 is 28.6 Å². The Balaban J connectivity index is 4.43. The molecule has 0 spiro atoms. The minimum atomic E-state index is -0.786. The molecule has 0 saturated carbocycles. The molecule has 6 nitrogen and oxygen atoms in total. The van der Waals surface area contributed by atoms with Crippen molar-refractivity contribution in [1.82, 2.24) is 0 Å². The van der Waals surface area contributed by atoms with E-state index in [4.69, 9.17) is 14.2 Å². The van der Waals surface area contributed by atoms with Gasteiger partial charge in [-0.2, -0.15) is 0 Å². The molecule has 0 aromatic rings. The Kier molecular flexibility index (Phi) is 39.1. The Morgan fingerprint density at radius 3 is 1.35 bits per heavy atom. The van der Waals surface area contributed by atoms with Gasteiger partial charge in [0.2, 0.25) is 0 Å². The van der Waals surface area contributed by atoms with Gasteiger partial charge in [0.05, 0.1) is 0 Å². The number of unbranched alkanes of at least 4 members (excludes halogenated alkanes) is 20. The summed E-state index contributed by atoms with van der Waals surface area (Å²) in [6.07, 6.45) is 46.6. The maximum absolute atomic E-state index is 12.7. The molecule has 0 aromatic heterocycles. The second-order valence-corrected chi connectivity index (χ2v) is 14.3. The van der Waals surface area contributed by atoms with E-state index >= 15 is 0 Å². The van der Waals surface area contributed by atoms with Crippen molar-refractivity contribution in [3.8, 4) is 0 Å². The number of ether oxygens (including phenoxy) is 3. The highest BCUT2D eigenvalue weighted by Crippen LogP contribution is 2.13. The summed E-state index contributed by atoms with van der Waals surface area (Å²) in [7, 11) is 0. The molecule has 0 amide bonds. The van der Waals surface area contributed by atoms with Crippen LogP contribution in [0.4, 0.5) is 0 Å². The van der Waals surface area contributed by atoms with E-state index in [9.17, 15) is 14.4 Å². The number of carbonyl (C=O) groups is 3. The summed E-state index contributed by atoms with van der Waals surface area (Å²) in [5.41, 5.74) is 0. The first-order valence-electron chi connectivity index (χ1n) is 21.7. The zero-order valence-corrected chi connectivity index (χ0v) is 34.1. The molecule has 0 heterocycles. The largest absolute Gasteiger partial charge is 0.462 e. The van der Waals surface area contributed by atoms with E-state index < -0.39 is 6.10 Å². The van der Waals surface area contributed by atoms with Gasteiger partial charge in [0.25, 0.3) is 0 Å². The molecular weight excluding hydrogens is 648 g/mol. The highest BCUT2D eigenvalue weighted by atomic mass is 16.6. The Hall–Kier alpha value is -2.63. The van der Waals surface area contributed by atoms with Crippen LogP contribution in [0.2, 0.25) is 0 Å². The van der Waals surface area contributed by atoms with Crippen molar-refractivity contribution in [3.63, 3.8) is 0 Å². The third-order valence-corrected chi connectivity index (χ3v) is 9.10. The zero-order valence-electron chi connectivity index (χ0n) is 34.1. The number of hydrogen-bond acceptors (Lipinski definition) is 6. The van der Waals surface area contributed by atoms with Crippen LogP contribution in [0.15, 0.2) is 48.6 Å². The van der Waals surface area contributed by atoms with Gasteiger partial charge in [-0.1, -0.05) is 172 Å². The van der Waals surface area contributed by atoms with Crippen molar-refractivity contribution >= 4 is 17.9 Å². The fourth-order valence-corrected chi connectivity index (χ4v) is 5.81. The van der Waals surface area contributed by atoms with E-state index in [1.807, 2.05) is 0 Å². The van der Waals surface area contributed by atoms with Gasteiger partial charge in [0, 0.05) is 19.3 Å². The van der Waals surface area contributed by atoms with Crippen molar-refractivity contribution in [3.05, 3.63) is 48.6 Å². The van der Waals surface area contributed by atoms with Gasteiger partial charge in [0.1, 0.15) is 13.2 Å². The molecule has 1 atom stereocenters. The quantitative estimate of drug-likeness (QED) is 0.0207. The average Bonchev–Trinajstić information content (AvgIpc) is 3.14. The first-order chi connectivity index (χ1) is 25.5. The van der Waals surface area contributed by atoms with Crippen LogP contribution in [0, 0.1) is 0 Å². The lowest BCUT2D eigenvalue weighted by molar-refractivity contribution is -0.167. The van der Waals surface area contributed by atoms with E-state index in [1.54, 1.807) is 0 Å². The predicted octanol–water partition coefficient (Wildman–Crippen LogP) is 13.6. The van der Waals surface area contributed by atoms with Gasteiger partial charge >= 0.3 is 17.9 Å². The second-order valence-electron chi connectivity index (χ2n) is 14.3. The summed E-state index contributed by atoms with van der Waals surface area (Å²) in [6.45, 7) is 6.41. The van der Waals surface area contributed by atoms with E-state index in [-0.39, 0.29) is 31.1 Å². The lowest BCUT2D eigenvalue weighted by Gasteiger charge is -2.18. The van der Waals surface area contributed by atoms with Crippen LogP contribution in [-0.2, 0) is 28.6 Å². The average molecular weight is 729 g/mol. The SMILES string of the molecule is CC/C=C\C/C=C\CCCCCCCC(=O)OCC(COC(=O)CCCCCCCCCCCCC)OC(=O)CCCCC/C=C\C=C/CCCC. The summed E-state index contributed by atoms with van der Waals surface area (Å²) in [4.78, 5) is 37.6. The predicted molar refractivity (Wildman–Crippen MR) is 219 cm³/mol. The fourth-order valence-electron chi connectivity index (χ4n) is 5.81. The van der Waals surface area contributed by atoms with E-state index in [0.717, 1.165) is 103 Å². The Morgan fingerprint density at radius 2 is 0.827 bits per heavy atom. The molecule has 6 heteroatoms. The first kappa shape index (κ1) is 49.4. The summed E-state index contributed by atoms with van der Waals surface area (Å²) in [6, 6.07) is 0. The van der Waals surface area contributed by atoms with Gasteiger partial charge in [-0.3, -0.25) is 14.4 Å². The third kappa shape index (κ3) is 38.6. The van der Waals surface area contributed by atoms with Crippen molar-refractivity contribution in [1.29, 1.82) is 0 Å². The molecule has 0 saturated heterocycles. The van der Waals surface area contributed by atoms with Crippen LogP contribution < -0.4 is 0 Å². The molecule has 0 N–H and O–H groups in total. The van der Waals surface area contributed by atoms with Crippen LogP contribution >= 0.6 is 0 Å². The third-order valence-electron chi connectivity index (χ3n) is 9.10. The number of allylic oxidation sites excluding steroid dienone is 8. The van der Waals surface area contributed by atoms with Gasteiger partial charge in [-0.15, -0.1) is 0 Å². The molecule has 0 aliphatic carbocycles. The molecule has 0 rings (SSSR count). The van der Waals surface area contributed by atoms with Crippen molar-refractivity contribution in [2.45, 2.75) is 213 Å². The Bertz CT molecular complexity index is 933. The van der Waals surface area contributed by atoms with Gasteiger partial charge < -0.3 is 14.2 Å². The lowest BCUT2D eigenvalue weighted by Crippen LogP contribution is -2.30. The van der Waals surface area contributed by atoms with Gasteiger partial charge in [-0.25, -0.2) is 0 Å². The smallest absolute Gasteiger partial charge is 0.306 e. The number of carbonyl (C=O) groups excluding carboxylic acids is 3. The number of rotatable bonds is 38. The summed E-state index contributed by atoms with van der Waals surface area (Å²) in [5, 5.41) is 0. The topological polar surface area (TPSA) is 78.9 Å². The van der Waals surface area contributed by atoms with E-state index in [1.165, 1.54) is 64.2 Å². The Labute approximate surface area is 320 Å². The second kappa shape index (κ2) is 41.1. The zero-order chi connectivity index (χ0) is 38.0. The summed E-state index contributed by atoms with van der Waals surface area (Å²) < 4.78 is 16.6. The first-order valence-corrected chi connectivity index (χ1v) is 21.7. The van der Waals surface area contributed by atoms with Crippen LogP contribution in [0.25, 0.3) is 0 Å². The molecule has 0 radical (unpaired) electrons. The minimum Gasteiger partial charge on any atom is -0.462 e. The maximum atomic E-state index is 12.7. The van der Waals surface area contributed by atoms with Gasteiger partial charge in [-0.05, 0) is 64.2 Å². The summed E-state index contributed by atoms with van der Waals surface area (Å²) >= 11 is 0. The molecule has 300 valence electrons. The monoisotopic (exact) mass is 729 g/mol. The maximum Gasteiger partial charge on any atom is 0.306 e. The molecule has 0 aliphatic rings. The Morgan fingerprint density at radius 1 is 0.423 bits per heavy atom. The van der Waals surface area contributed by atoms with Crippen molar-refractivity contribution in [2.24, 2.45) is 0 Å². The number of esters is 3. The summed E-state index contributed by atoms with van der Waals surface area (Å²) in [5.74, 6) is -0.936. The molecule has 52 heavy (non-hydrogen) atoms. The van der Waals surface area contributed by atoms with Crippen LogP contribution in [0.3, 0.4) is 0 Å². The molecule has 0 fully saturated rings. The standard InChI is InChI=1S/C46H80O6/c1-4-7-10-13-16-19-22-25-27-30-33-36-39-45(48)51-42-43(52-46(49)40-37-34-31-28-24-21-18-15-12-9-6-3)41-50-44(47)38-35-32-29-26-23-20-17-14-11-8-5-2/h7,10,15-16,18-19,21,24,43H,4-6,8-9,11-14,17,20,22-23,25-42H2,1-3H3/b10-7-,18-15-,19-16-,24-21-.